The van der Waals surface area contributed by atoms with E-state index in [1.54, 1.807) is 13.8 Å². The molecule has 0 radical (unpaired) electrons. The van der Waals surface area contributed by atoms with E-state index in [0.29, 0.717) is 11.4 Å². The van der Waals surface area contributed by atoms with Crippen LogP contribution in [0.5, 0.6) is 0 Å². The molecule has 0 bridgehead atoms. The summed E-state index contributed by atoms with van der Waals surface area (Å²) in [6.07, 6.45) is 1.91. The molecule has 1 fully saturated rings. The van der Waals surface area contributed by atoms with Crippen molar-refractivity contribution in [2.24, 2.45) is 5.92 Å². The molecule has 0 atom stereocenters. The minimum atomic E-state index is -3.81. The third-order valence-corrected chi connectivity index (χ3v) is 5.20. The van der Waals surface area contributed by atoms with Gasteiger partial charge in [-0.2, -0.15) is 9.40 Å². The normalized spacial score (nSPS) is 15.9. The van der Waals surface area contributed by atoms with Gasteiger partial charge in [-0.25, -0.2) is 8.42 Å². The zero-order chi connectivity index (χ0) is 14.2. The lowest BCUT2D eigenvalue weighted by atomic mass is 10.4. The Morgan fingerprint density at radius 3 is 2.53 bits per heavy atom. The summed E-state index contributed by atoms with van der Waals surface area (Å²) in [5.41, 5.74) is 0.798. The van der Waals surface area contributed by atoms with Crippen LogP contribution in [0, 0.1) is 19.8 Å². The molecule has 1 aromatic rings. The maximum Gasteiger partial charge on any atom is 0.318 e. The molecule has 106 valence electrons. The van der Waals surface area contributed by atoms with Crippen LogP contribution in [0.2, 0.25) is 0 Å². The van der Waals surface area contributed by atoms with E-state index in [-0.39, 0.29) is 17.4 Å². The molecular formula is C11H17N3O4S. The number of hydrogen-bond donors (Lipinski definition) is 2. The highest BCUT2D eigenvalue weighted by molar-refractivity contribution is 7.89. The number of sulfonamides is 1. The highest BCUT2D eigenvalue weighted by Gasteiger charge is 2.35. The molecule has 0 unspecified atom stereocenters. The van der Waals surface area contributed by atoms with E-state index in [2.05, 4.69) is 10.2 Å². The topological polar surface area (TPSA) is 103 Å². The van der Waals surface area contributed by atoms with Crippen molar-refractivity contribution >= 4 is 16.0 Å². The van der Waals surface area contributed by atoms with E-state index in [0.717, 1.165) is 17.1 Å². The van der Waals surface area contributed by atoms with E-state index in [9.17, 15) is 13.2 Å². The van der Waals surface area contributed by atoms with Crippen molar-refractivity contribution in [3.63, 3.8) is 0 Å². The van der Waals surface area contributed by atoms with Crippen molar-refractivity contribution < 1.29 is 18.3 Å². The number of rotatable bonds is 6. The number of nitrogens with zero attached hydrogens (tertiary/aromatic N) is 2. The quantitative estimate of drug-likeness (QED) is 0.793. The van der Waals surface area contributed by atoms with E-state index in [4.69, 9.17) is 5.11 Å². The summed E-state index contributed by atoms with van der Waals surface area (Å²) in [6.45, 7) is 2.96. The summed E-state index contributed by atoms with van der Waals surface area (Å²) in [4.78, 5) is 11.0. The molecular weight excluding hydrogens is 270 g/mol. The first-order valence-corrected chi connectivity index (χ1v) is 7.50. The third-order valence-electron chi connectivity index (χ3n) is 3.13. The highest BCUT2D eigenvalue weighted by Crippen LogP contribution is 2.32. The molecule has 1 aliphatic rings. The molecule has 0 saturated heterocycles. The maximum atomic E-state index is 12.5. The number of aromatic amines is 1. The van der Waals surface area contributed by atoms with Gasteiger partial charge in [-0.15, -0.1) is 0 Å². The third kappa shape index (κ3) is 2.95. The van der Waals surface area contributed by atoms with Crippen LogP contribution in [0.1, 0.15) is 24.2 Å². The van der Waals surface area contributed by atoms with E-state index < -0.39 is 22.5 Å². The number of nitrogens with one attached hydrogen (secondary N) is 1. The van der Waals surface area contributed by atoms with Crippen LogP contribution in [0.25, 0.3) is 0 Å². The molecule has 1 aliphatic carbocycles. The van der Waals surface area contributed by atoms with Crippen molar-refractivity contribution in [3.05, 3.63) is 11.4 Å². The highest BCUT2D eigenvalue weighted by atomic mass is 32.2. The Kier molecular flexibility index (Phi) is 3.64. The lowest BCUT2D eigenvalue weighted by molar-refractivity contribution is -0.137. The minimum absolute atomic E-state index is 0.0920. The first kappa shape index (κ1) is 14.0. The Balaban J connectivity index is 2.35. The van der Waals surface area contributed by atoms with Crippen molar-refractivity contribution in [3.8, 4) is 0 Å². The number of aliphatic carboxylic acids is 1. The fraction of sp³-hybridized carbons (Fsp3) is 0.636. The molecule has 0 aliphatic heterocycles. The van der Waals surface area contributed by atoms with Crippen LogP contribution >= 0.6 is 0 Å². The SMILES string of the molecule is Cc1n[nH]c(C)c1S(=O)(=O)N(CC(=O)O)CC1CC1. The number of hydrogen-bond acceptors (Lipinski definition) is 4. The Labute approximate surface area is 111 Å². The summed E-state index contributed by atoms with van der Waals surface area (Å²) in [7, 11) is -3.81. The fourth-order valence-electron chi connectivity index (χ4n) is 2.04. The molecule has 2 N–H and O–H groups in total. The maximum absolute atomic E-state index is 12.5. The number of carboxylic acids is 1. The second-order valence-corrected chi connectivity index (χ2v) is 6.77. The molecule has 0 amide bonds. The number of aromatic nitrogens is 2. The first-order valence-electron chi connectivity index (χ1n) is 6.06. The Morgan fingerprint density at radius 2 is 2.11 bits per heavy atom. The van der Waals surface area contributed by atoms with Gasteiger partial charge in [0.25, 0.3) is 0 Å². The number of carboxylic acid groups (broad SMARTS) is 1. The predicted molar refractivity (Wildman–Crippen MR) is 67.2 cm³/mol. The number of carbonyl (C=O) groups is 1. The van der Waals surface area contributed by atoms with Gasteiger partial charge < -0.3 is 5.11 Å². The summed E-state index contributed by atoms with van der Waals surface area (Å²) >= 11 is 0. The Bertz CT molecular complexity index is 570. The van der Waals surface area contributed by atoms with Crippen LogP contribution in [-0.4, -0.2) is 47.1 Å². The molecule has 7 nitrogen and oxygen atoms in total. The standard InChI is InChI=1S/C11H17N3O4S/c1-7-11(8(2)13-12-7)19(17,18)14(6-10(15)16)5-9-3-4-9/h9H,3-6H2,1-2H3,(H,12,13)(H,15,16). The lowest BCUT2D eigenvalue weighted by Crippen LogP contribution is -2.37. The molecule has 19 heavy (non-hydrogen) atoms. The summed E-state index contributed by atoms with van der Waals surface area (Å²) in [5, 5.41) is 15.4. The van der Waals surface area contributed by atoms with Gasteiger partial charge in [0.1, 0.15) is 11.4 Å². The van der Waals surface area contributed by atoms with Gasteiger partial charge in [0.05, 0.1) is 11.4 Å². The van der Waals surface area contributed by atoms with Gasteiger partial charge in [-0.1, -0.05) is 0 Å². The molecule has 1 heterocycles. The van der Waals surface area contributed by atoms with Gasteiger partial charge in [-0.05, 0) is 32.6 Å². The average Bonchev–Trinajstić information content (AvgIpc) is 3.02. The summed E-state index contributed by atoms with van der Waals surface area (Å²) < 4.78 is 26.1. The first-order chi connectivity index (χ1) is 8.82. The zero-order valence-corrected chi connectivity index (χ0v) is 11.7. The average molecular weight is 287 g/mol. The van der Waals surface area contributed by atoms with E-state index in [1.165, 1.54) is 0 Å². The Hall–Kier alpha value is -1.41. The monoisotopic (exact) mass is 287 g/mol. The van der Waals surface area contributed by atoms with Crippen LogP contribution in [0.3, 0.4) is 0 Å². The predicted octanol–water partition coefficient (Wildman–Crippen LogP) is 0.512. The smallest absolute Gasteiger partial charge is 0.318 e. The van der Waals surface area contributed by atoms with Gasteiger partial charge in [-0.3, -0.25) is 9.89 Å². The minimum Gasteiger partial charge on any atom is -0.480 e. The van der Waals surface area contributed by atoms with Gasteiger partial charge in [0.2, 0.25) is 10.0 Å². The number of H-pyrrole nitrogens is 1. The fourth-order valence-corrected chi connectivity index (χ4v) is 3.83. The van der Waals surface area contributed by atoms with Crippen molar-refractivity contribution in [1.29, 1.82) is 0 Å². The molecule has 0 spiro atoms. The van der Waals surface area contributed by atoms with Crippen LogP contribution in [0.15, 0.2) is 4.90 Å². The van der Waals surface area contributed by atoms with Crippen LogP contribution in [-0.2, 0) is 14.8 Å². The van der Waals surface area contributed by atoms with Gasteiger partial charge >= 0.3 is 5.97 Å². The second kappa shape index (κ2) is 4.93. The van der Waals surface area contributed by atoms with Crippen LogP contribution in [0.4, 0.5) is 0 Å². The van der Waals surface area contributed by atoms with Crippen molar-refractivity contribution in [2.45, 2.75) is 31.6 Å². The molecule has 0 aromatic carbocycles. The summed E-state index contributed by atoms with van der Waals surface area (Å²) in [6, 6.07) is 0. The molecule has 1 saturated carbocycles. The van der Waals surface area contributed by atoms with Gasteiger partial charge in [0, 0.05) is 6.54 Å². The zero-order valence-electron chi connectivity index (χ0n) is 10.9. The van der Waals surface area contributed by atoms with Crippen LogP contribution < -0.4 is 0 Å². The van der Waals surface area contributed by atoms with E-state index >= 15 is 0 Å². The van der Waals surface area contributed by atoms with Crippen molar-refractivity contribution in [1.82, 2.24) is 14.5 Å². The molecule has 8 heteroatoms. The number of aryl methyl sites for hydroxylation is 2. The van der Waals surface area contributed by atoms with Gasteiger partial charge in [0.15, 0.2) is 0 Å². The second-order valence-electron chi connectivity index (χ2n) is 4.90. The molecule has 1 aromatic heterocycles. The lowest BCUT2D eigenvalue weighted by Gasteiger charge is -2.20. The van der Waals surface area contributed by atoms with E-state index in [1.807, 2.05) is 0 Å². The van der Waals surface area contributed by atoms with Crippen molar-refractivity contribution in [2.75, 3.05) is 13.1 Å². The molecule has 2 rings (SSSR count). The summed E-state index contributed by atoms with van der Waals surface area (Å²) in [5.74, 6) is -0.871. The Morgan fingerprint density at radius 1 is 1.47 bits per heavy atom. The largest absolute Gasteiger partial charge is 0.480 e.